The number of unbranched alkanes of at least 4 members (excludes halogenated alkanes) is 5. The average molecular weight is 182 g/mol. The second kappa shape index (κ2) is 6.20. The maximum absolute atomic E-state index is 5.38. The maximum Gasteiger partial charge on any atom is 0.102 e. The van der Waals surface area contributed by atoms with Crippen molar-refractivity contribution in [2.75, 3.05) is 0 Å². The third-order valence-corrected chi connectivity index (χ3v) is 2.70. The van der Waals surface area contributed by atoms with Crippen molar-refractivity contribution < 1.29 is 4.74 Å². The van der Waals surface area contributed by atoms with Gasteiger partial charge in [0.25, 0.3) is 0 Å². The smallest absolute Gasteiger partial charge is 0.102 e. The van der Waals surface area contributed by atoms with Crippen molar-refractivity contribution in [1.29, 1.82) is 0 Å². The fourth-order valence-electron chi connectivity index (χ4n) is 1.72. The Bertz CT molecular complexity index is 142. The van der Waals surface area contributed by atoms with Crippen molar-refractivity contribution in [3.8, 4) is 0 Å². The molecule has 1 heteroatoms. The summed E-state index contributed by atoms with van der Waals surface area (Å²) >= 11 is 0. The molecule has 0 bridgehead atoms. The molecule has 1 heterocycles. The second-order valence-electron chi connectivity index (χ2n) is 3.93. The molecule has 0 aromatic carbocycles. The molecule has 0 aromatic heterocycles. The standard InChI is InChI=1S/C12H22O/c1-3-5-6-7-8-9-10-12-11(4-2)13-12/h4,11-12H,2-3,5-10H2,1H3. The van der Waals surface area contributed by atoms with Gasteiger partial charge in [-0.1, -0.05) is 51.5 Å². The zero-order valence-corrected chi connectivity index (χ0v) is 8.80. The molecule has 2 atom stereocenters. The van der Waals surface area contributed by atoms with Crippen LogP contribution in [-0.2, 0) is 4.74 Å². The minimum absolute atomic E-state index is 0.385. The Kier molecular flexibility index (Phi) is 5.14. The van der Waals surface area contributed by atoms with E-state index in [0.717, 1.165) is 0 Å². The number of epoxide rings is 1. The van der Waals surface area contributed by atoms with Gasteiger partial charge in [-0.3, -0.25) is 0 Å². The van der Waals surface area contributed by atoms with Crippen LogP contribution in [0.25, 0.3) is 0 Å². The molecule has 1 aliphatic heterocycles. The van der Waals surface area contributed by atoms with Gasteiger partial charge in [-0.2, -0.15) is 0 Å². The Morgan fingerprint density at radius 2 is 1.85 bits per heavy atom. The SMILES string of the molecule is C=CC1OC1CCCCCCCC. The lowest BCUT2D eigenvalue weighted by molar-refractivity contribution is 0.372. The molecule has 0 aliphatic carbocycles. The van der Waals surface area contributed by atoms with Crippen LogP contribution < -0.4 is 0 Å². The molecule has 0 radical (unpaired) electrons. The van der Waals surface area contributed by atoms with Crippen LogP contribution in [0.1, 0.15) is 51.9 Å². The van der Waals surface area contributed by atoms with Crippen molar-refractivity contribution >= 4 is 0 Å². The highest BCUT2D eigenvalue weighted by atomic mass is 16.6. The lowest BCUT2D eigenvalue weighted by Gasteiger charge is -1.98. The molecule has 76 valence electrons. The van der Waals surface area contributed by atoms with Gasteiger partial charge in [0.15, 0.2) is 0 Å². The normalized spacial score (nSPS) is 25.9. The summed E-state index contributed by atoms with van der Waals surface area (Å²) in [5.41, 5.74) is 0. The molecule has 0 aromatic rings. The van der Waals surface area contributed by atoms with E-state index in [9.17, 15) is 0 Å². The first-order chi connectivity index (χ1) is 6.38. The van der Waals surface area contributed by atoms with E-state index in [1.807, 2.05) is 6.08 Å². The molecule has 2 unspecified atom stereocenters. The molecule has 1 fully saturated rings. The number of ether oxygens (including phenoxy) is 1. The Balaban J connectivity index is 1.77. The highest BCUT2D eigenvalue weighted by molar-refractivity contribution is 4.97. The van der Waals surface area contributed by atoms with Gasteiger partial charge in [-0.25, -0.2) is 0 Å². The van der Waals surface area contributed by atoms with Crippen molar-refractivity contribution in [3.63, 3.8) is 0 Å². The predicted molar refractivity (Wildman–Crippen MR) is 56.9 cm³/mol. The van der Waals surface area contributed by atoms with Gasteiger partial charge in [-0.05, 0) is 6.42 Å². The molecule has 0 spiro atoms. The van der Waals surface area contributed by atoms with Crippen molar-refractivity contribution in [3.05, 3.63) is 12.7 Å². The summed E-state index contributed by atoms with van der Waals surface area (Å²) in [5, 5.41) is 0. The highest BCUT2D eigenvalue weighted by Crippen LogP contribution is 2.27. The van der Waals surface area contributed by atoms with Gasteiger partial charge >= 0.3 is 0 Å². The van der Waals surface area contributed by atoms with Crippen LogP contribution in [0.4, 0.5) is 0 Å². The molecule has 0 amide bonds. The Morgan fingerprint density at radius 3 is 2.46 bits per heavy atom. The highest BCUT2D eigenvalue weighted by Gasteiger charge is 2.34. The van der Waals surface area contributed by atoms with Crippen LogP contribution in [-0.4, -0.2) is 12.2 Å². The third-order valence-electron chi connectivity index (χ3n) is 2.70. The first-order valence-electron chi connectivity index (χ1n) is 5.66. The van der Waals surface area contributed by atoms with E-state index in [1.165, 1.54) is 44.9 Å². The second-order valence-corrected chi connectivity index (χ2v) is 3.93. The van der Waals surface area contributed by atoms with Gasteiger partial charge in [0.05, 0.1) is 6.10 Å². The molecule has 1 aliphatic rings. The van der Waals surface area contributed by atoms with Crippen molar-refractivity contribution in [2.24, 2.45) is 0 Å². The van der Waals surface area contributed by atoms with E-state index in [1.54, 1.807) is 0 Å². The average Bonchev–Trinajstić information content (AvgIpc) is 2.90. The molecule has 13 heavy (non-hydrogen) atoms. The summed E-state index contributed by atoms with van der Waals surface area (Å²) in [5.74, 6) is 0. The zero-order chi connectivity index (χ0) is 9.52. The summed E-state index contributed by atoms with van der Waals surface area (Å²) in [6, 6.07) is 0. The van der Waals surface area contributed by atoms with E-state index in [2.05, 4.69) is 13.5 Å². The van der Waals surface area contributed by atoms with Crippen LogP contribution in [0.5, 0.6) is 0 Å². The van der Waals surface area contributed by atoms with Crippen LogP contribution in [0.3, 0.4) is 0 Å². The minimum Gasteiger partial charge on any atom is -0.365 e. The topological polar surface area (TPSA) is 12.5 Å². The lowest BCUT2D eigenvalue weighted by Crippen LogP contribution is -1.90. The van der Waals surface area contributed by atoms with E-state index >= 15 is 0 Å². The van der Waals surface area contributed by atoms with Gasteiger partial charge in [0.2, 0.25) is 0 Å². The van der Waals surface area contributed by atoms with Gasteiger partial charge in [-0.15, -0.1) is 6.58 Å². The minimum atomic E-state index is 0.385. The summed E-state index contributed by atoms with van der Waals surface area (Å²) in [6.45, 7) is 5.97. The van der Waals surface area contributed by atoms with E-state index in [0.29, 0.717) is 12.2 Å². The van der Waals surface area contributed by atoms with Gasteiger partial charge < -0.3 is 4.74 Å². The van der Waals surface area contributed by atoms with Crippen molar-refractivity contribution in [1.82, 2.24) is 0 Å². The van der Waals surface area contributed by atoms with Crippen LogP contribution >= 0.6 is 0 Å². The maximum atomic E-state index is 5.38. The molecule has 1 nitrogen and oxygen atoms in total. The van der Waals surface area contributed by atoms with Crippen molar-refractivity contribution in [2.45, 2.75) is 64.1 Å². The molecular formula is C12H22O. The summed E-state index contributed by atoms with van der Waals surface area (Å²) in [7, 11) is 0. The monoisotopic (exact) mass is 182 g/mol. The van der Waals surface area contributed by atoms with E-state index in [4.69, 9.17) is 4.74 Å². The Labute approximate surface area is 82.2 Å². The summed E-state index contributed by atoms with van der Waals surface area (Å²) < 4.78 is 5.38. The lowest BCUT2D eigenvalue weighted by atomic mass is 10.1. The molecule has 1 rings (SSSR count). The number of hydrogen-bond acceptors (Lipinski definition) is 1. The number of hydrogen-bond donors (Lipinski definition) is 0. The fourth-order valence-corrected chi connectivity index (χ4v) is 1.72. The predicted octanol–water partition coefficient (Wildman–Crippen LogP) is 3.69. The summed E-state index contributed by atoms with van der Waals surface area (Å²) in [6.07, 6.45) is 12.3. The van der Waals surface area contributed by atoms with Crippen LogP contribution in [0.2, 0.25) is 0 Å². The number of rotatable bonds is 8. The first kappa shape index (κ1) is 10.8. The van der Waals surface area contributed by atoms with E-state index in [-0.39, 0.29) is 0 Å². The third kappa shape index (κ3) is 4.47. The summed E-state index contributed by atoms with van der Waals surface area (Å²) in [4.78, 5) is 0. The van der Waals surface area contributed by atoms with Gasteiger partial charge in [0.1, 0.15) is 6.10 Å². The van der Waals surface area contributed by atoms with Crippen LogP contribution in [0.15, 0.2) is 12.7 Å². The Hall–Kier alpha value is -0.300. The van der Waals surface area contributed by atoms with Gasteiger partial charge in [0, 0.05) is 0 Å². The van der Waals surface area contributed by atoms with E-state index < -0.39 is 0 Å². The van der Waals surface area contributed by atoms with Crippen LogP contribution in [0, 0.1) is 0 Å². The molecule has 1 saturated heterocycles. The first-order valence-corrected chi connectivity index (χ1v) is 5.66. The largest absolute Gasteiger partial charge is 0.365 e. The molecular weight excluding hydrogens is 160 g/mol. The quantitative estimate of drug-likeness (QED) is 0.317. The molecule has 0 N–H and O–H groups in total. The molecule has 0 saturated carbocycles. The fraction of sp³-hybridized carbons (Fsp3) is 0.833. The zero-order valence-electron chi connectivity index (χ0n) is 8.80. The Morgan fingerprint density at radius 1 is 1.15 bits per heavy atom.